The molecule has 0 aliphatic heterocycles. The van der Waals surface area contributed by atoms with Crippen molar-refractivity contribution in [2.75, 3.05) is 0 Å². The summed E-state index contributed by atoms with van der Waals surface area (Å²) in [6.45, 7) is 4.09. The Morgan fingerprint density at radius 3 is 2.74 bits per heavy atom. The van der Waals surface area contributed by atoms with Crippen LogP contribution in [0, 0.1) is 13.8 Å². The van der Waals surface area contributed by atoms with Gasteiger partial charge in [-0.1, -0.05) is 30.3 Å². The fraction of sp³-hybridized carbons (Fsp3) is 0.200. The molecule has 1 aliphatic carbocycles. The molecule has 3 heteroatoms. The van der Waals surface area contributed by atoms with E-state index in [-0.39, 0.29) is 5.56 Å². The molecule has 23 heavy (non-hydrogen) atoms. The summed E-state index contributed by atoms with van der Waals surface area (Å²) in [6.07, 6.45) is 5.70. The first-order chi connectivity index (χ1) is 11.1. The summed E-state index contributed by atoms with van der Waals surface area (Å²) in [5.74, 6) is 0. The third-order valence-electron chi connectivity index (χ3n) is 4.53. The smallest absolute Gasteiger partial charge is 0.261 e. The maximum absolute atomic E-state index is 12.7. The number of rotatable bonds is 1. The Morgan fingerprint density at radius 1 is 1.09 bits per heavy atom. The number of hydrogen-bond donors (Lipinski definition) is 0. The molecule has 1 aromatic carbocycles. The SMILES string of the molecule is Cc1ccc2nc3c(c(=O)n2c1)CC/C3=C/c1ccccc1C. The largest absolute Gasteiger partial charge is 0.269 e. The molecule has 3 nitrogen and oxygen atoms in total. The molecule has 0 amide bonds. The number of benzene rings is 1. The zero-order valence-electron chi connectivity index (χ0n) is 13.3. The van der Waals surface area contributed by atoms with Crippen LogP contribution in [0.4, 0.5) is 0 Å². The Balaban J connectivity index is 1.93. The van der Waals surface area contributed by atoms with Crippen LogP contribution >= 0.6 is 0 Å². The van der Waals surface area contributed by atoms with Crippen molar-refractivity contribution in [3.8, 4) is 0 Å². The lowest BCUT2D eigenvalue weighted by molar-refractivity contribution is 0.965. The minimum atomic E-state index is 0.0712. The molecule has 0 spiro atoms. The van der Waals surface area contributed by atoms with E-state index in [1.807, 2.05) is 37.4 Å². The van der Waals surface area contributed by atoms with E-state index in [9.17, 15) is 4.79 Å². The number of allylic oxidation sites excluding steroid dienone is 1. The third-order valence-corrected chi connectivity index (χ3v) is 4.53. The highest BCUT2D eigenvalue weighted by Gasteiger charge is 2.22. The number of nitrogens with zero attached hydrogens (tertiary/aromatic N) is 2. The molecule has 0 radical (unpaired) electrons. The summed E-state index contributed by atoms with van der Waals surface area (Å²) in [5, 5.41) is 0. The van der Waals surface area contributed by atoms with E-state index >= 15 is 0 Å². The summed E-state index contributed by atoms with van der Waals surface area (Å²) >= 11 is 0. The minimum absolute atomic E-state index is 0.0712. The Morgan fingerprint density at radius 2 is 1.91 bits per heavy atom. The van der Waals surface area contributed by atoms with Gasteiger partial charge >= 0.3 is 0 Å². The average molecular weight is 302 g/mol. The van der Waals surface area contributed by atoms with Gasteiger partial charge in [0.05, 0.1) is 5.69 Å². The van der Waals surface area contributed by atoms with Gasteiger partial charge in [-0.2, -0.15) is 0 Å². The lowest BCUT2D eigenvalue weighted by Crippen LogP contribution is -2.19. The van der Waals surface area contributed by atoms with Gasteiger partial charge in [-0.25, -0.2) is 4.98 Å². The van der Waals surface area contributed by atoms with E-state index in [2.05, 4.69) is 25.1 Å². The highest BCUT2D eigenvalue weighted by atomic mass is 16.1. The van der Waals surface area contributed by atoms with Crippen molar-refractivity contribution in [3.63, 3.8) is 0 Å². The summed E-state index contributed by atoms with van der Waals surface area (Å²) in [4.78, 5) is 17.5. The van der Waals surface area contributed by atoms with E-state index in [4.69, 9.17) is 4.98 Å². The lowest BCUT2D eigenvalue weighted by atomic mass is 10.0. The molecule has 0 saturated carbocycles. The summed E-state index contributed by atoms with van der Waals surface area (Å²) < 4.78 is 1.67. The number of fused-ring (bicyclic) bond motifs is 2. The van der Waals surface area contributed by atoms with Crippen LogP contribution in [-0.2, 0) is 6.42 Å². The van der Waals surface area contributed by atoms with E-state index in [1.165, 1.54) is 11.1 Å². The minimum Gasteiger partial charge on any atom is -0.269 e. The monoisotopic (exact) mass is 302 g/mol. The first-order valence-corrected chi connectivity index (χ1v) is 7.92. The van der Waals surface area contributed by atoms with Crippen LogP contribution in [0.3, 0.4) is 0 Å². The van der Waals surface area contributed by atoms with E-state index in [0.29, 0.717) is 0 Å². The Kier molecular flexibility index (Phi) is 3.15. The highest BCUT2D eigenvalue weighted by molar-refractivity contribution is 5.84. The summed E-state index contributed by atoms with van der Waals surface area (Å²) in [6, 6.07) is 12.2. The maximum atomic E-state index is 12.7. The fourth-order valence-electron chi connectivity index (χ4n) is 3.23. The standard InChI is InChI=1S/C20H18N2O/c1-13-7-10-18-21-19-16(11-15-6-4-3-5-14(15)2)8-9-17(19)20(23)22(18)12-13/h3-7,10-12H,8-9H2,1-2H3/b16-11-. The molecule has 2 heterocycles. The quantitative estimate of drug-likeness (QED) is 0.685. The van der Waals surface area contributed by atoms with Gasteiger partial charge in [0.2, 0.25) is 0 Å². The second-order valence-corrected chi connectivity index (χ2v) is 6.20. The summed E-state index contributed by atoms with van der Waals surface area (Å²) in [7, 11) is 0. The van der Waals surface area contributed by atoms with E-state index in [1.54, 1.807) is 4.40 Å². The first-order valence-electron chi connectivity index (χ1n) is 7.92. The van der Waals surface area contributed by atoms with Crippen LogP contribution in [0.25, 0.3) is 17.3 Å². The third kappa shape index (κ3) is 2.29. The molecule has 0 bridgehead atoms. The molecule has 0 unspecified atom stereocenters. The maximum Gasteiger partial charge on any atom is 0.261 e. The van der Waals surface area contributed by atoms with Crippen molar-refractivity contribution < 1.29 is 0 Å². The van der Waals surface area contributed by atoms with Gasteiger partial charge in [0, 0.05) is 11.8 Å². The Labute approximate surface area is 134 Å². The van der Waals surface area contributed by atoms with Gasteiger partial charge in [0.1, 0.15) is 5.65 Å². The van der Waals surface area contributed by atoms with Gasteiger partial charge < -0.3 is 0 Å². The zero-order valence-corrected chi connectivity index (χ0v) is 13.3. The van der Waals surface area contributed by atoms with Crippen LogP contribution in [0.5, 0.6) is 0 Å². The van der Waals surface area contributed by atoms with Crippen LogP contribution in [0.15, 0.2) is 47.4 Å². The molecular formula is C20H18N2O. The number of hydrogen-bond acceptors (Lipinski definition) is 2. The molecule has 0 saturated heterocycles. The molecule has 3 aromatic rings. The van der Waals surface area contributed by atoms with Crippen molar-refractivity contribution in [2.45, 2.75) is 26.7 Å². The van der Waals surface area contributed by atoms with Crippen LogP contribution in [0.2, 0.25) is 0 Å². The molecule has 1 aliphatic rings. The average Bonchev–Trinajstić information content (AvgIpc) is 2.94. The van der Waals surface area contributed by atoms with Gasteiger partial charge in [-0.05, 0) is 61.1 Å². The van der Waals surface area contributed by atoms with Crippen molar-refractivity contribution >= 4 is 17.3 Å². The van der Waals surface area contributed by atoms with Crippen LogP contribution < -0.4 is 5.56 Å². The van der Waals surface area contributed by atoms with Crippen LogP contribution in [0.1, 0.15) is 34.4 Å². The Bertz CT molecular complexity index is 1010. The molecular weight excluding hydrogens is 284 g/mol. The second-order valence-electron chi connectivity index (χ2n) is 6.20. The lowest BCUT2D eigenvalue weighted by Gasteiger charge is -2.06. The molecule has 4 rings (SSSR count). The second kappa shape index (κ2) is 5.20. The topological polar surface area (TPSA) is 34.4 Å². The highest BCUT2D eigenvalue weighted by Crippen LogP contribution is 2.31. The molecule has 0 N–H and O–H groups in total. The van der Waals surface area contributed by atoms with Gasteiger partial charge in [0.25, 0.3) is 5.56 Å². The van der Waals surface area contributed by atoms with Crippen LogP contribution in [-0.4, -0.2) is 9.38 Å². The molecule has 0 atom stereocenters. The van der Waals surface area contributed by atoms with E-state index in [0.717, 1.165) is 40.9 Å². The molecule has 0 fully saturated rings. The normalized spacial score (nSPS) is 15.3. The van der Waals surface area contributed by atoms with Gasteiger partial charge in [-0.15, -0.1) is 0 Å². The van der Waals surface area contributed by atoms with Crippen molar-refractivity contribution in [2.24, 2.45) is 0 Å². The van der Waals surface area contributed by atoms with Gasteiger partial charge in [0.15, 0.2) is 0 Å². The molecule has 2 aromatic heterocycles. The predicted octanol–water partition coefficient (Wildman–Crippen LogP) is 3.80. The predicted molar refractivity (Wildman–Crippen MR) is 93.6 cm³/mol. The Hall–Kier alpha value is -2.68. The van der Waals surface area contributed by atoms with Crippen molar-refractivity contribution in [1.82, 2.24) is 9.38 Å². The number of aromatic nitrogens is 2. The number of aryl methyl sites for hydroxylation is 2. The van der Waals surface area contributed by atoms with Crippen molar-refractivity contribution in [1.29, 1.82) is 0 Å². The fourth-order valence-corrected chi connectivity index (χ4v) is 3.23. The first kappa shape index (κ1) is 13.9. The molecule has 114 valence electrons. The number of pyridine rings is 1. The zero-order chi connectivity index (χ0) is 16.0. The van der Waals surface area contributed by atoms with Crippen molar-refractivity contribution in [3.05, 3.63) is 80.9 Å². The summed E-state index contributed by atoms with van der Waals surface area (Å²) in [5.41, 5.74) is 7.17. The van der Waals surface area contributed by atoms with Gasteiger partial charge in [-0.3, -0.25) is 9.20 Å². The van der Waals surface area contributed by atoms with E-state index < -0.39 is 0 Å².